The zero-order chi connectivity index (χ0) is 29.3. The summed E-state index contributed by atoms with van der Waals surface area (Å²) >= 11 is 0. The third kappa shape index (κ3) is 8.52. The minimum atomic E-state index is -6.00. The van der Waals surface area contributed by atoms with Gasteiger partial charge in [0.05, 0.1) is 0 Å². The fourth-order valence-corrected chi connectivity index (χ4v) is 4.23. The minimum Gasteiger partial charge on any atom is -0.454 e. The van der Waals surface area contributed by atoms with Crippen molar-refractivity contribution in [3.63, 3.8) is 0 Å². The molecule has 0 aliphatic rings. The maximum atomic E-state index is 12.3. The molecule has 0 fully saturated rings. The zero-order valence-electron chi connectivity index (χ0n) is 22.2. The average Bonchev–Trinajstić information content (AvgIpc) is 2.91. The molecule has 0 saturated heterocycles. The average molecular weight is 553 g/mol. The molecule has 1 aromatic heterocycles. The Labute approximate surface area is 230 Å². The van der Waals surface area contributed by atoms with Gasteiger partial charge in [-0.05, 0) is 35.4 Å². The Morgan fingerprint density at radius 2 is 1.05 bits per heavy atom. The summed E-state index contributed by atoms with van der Waals surface area (Å²) in [5, 5.41) is 0. The highest BCUT2D eigenvalue weighted by Gasteiger charge is 2.45. The van der Waals surface area contributed by atoms with Crippen LogP contribution in [0.4, 0.5) is 17.3 Å². The van der Waals surface area contributed by atoms with Gasteiger partial charge in [0.1, 0.15) is 0 Å². The Balaban J connectivity index is 0.000000810. The number of carbonyl (C=O) groups is 2. The standard InChI is InChI=1S/C30H28NO4.BF4/c1-22(32)34-21-30(3,35-23(2)33)31-28(25-15-9-5-10-16-25)19-27(24-13-7-4-8-14-24)20-29(31)26-17-11-6-12-18-26;2-1(3,4)5/h4-20H,21H2,1-3H3;/q+1;-1. The van der Waals surface area contributed by atoms with Crippen LogP contribution in [0.2, 0.25) is 0 Å². The molecule has 3 aromatic carbocycles. The van der Waals surface area contributed by atoms with Gasteiger partial charge < -0.3 is 26.7 Å². The number of ether oxygens (including phenoxy) is 2. The SMILES string of the molecule is CC(=O)OCC(C)(OC(C)=O)[n+]1c(-c2ccccc2)cc(-c2ccccc2)cc1-c1ccccc1.F[B-](F)(F)F. The third-order valence-electron chi connectivity index (χ3n) is 5.69. The number of aromatic nitrogens is 1. The van der Waals surface area contributed by atoms with E-state index in [0.717, 1.165) is 33.6 Å². The van der Waals surface area contributed by atoms with Gasteiger partial charge >= 0.3 is 24.9 Å². The molecule has 0 N–H and O–H groups in total. The van der Waals surface area contributed by atoms with E-state index in [0.29, 0.717) is 0 Å². The van der Waals surface area contributed by atoms with E-state index in [-0.39, 0.29) is 6.61 Å². The number of halogens is 4. The Kier molecular flexibility index (Phi) is 9.82. The van der Waals surface area contributed by atoms with E-state index in [1.807, 2.05) is 83.4 Å². The van der Waals surface area contributed by atoms with E-state index < -0.39 is 24.9 Å². The van der Waals surface area contributed by atoms with Gasteiger partial charge in [-0.3, -0.25) is 9.59 Å². The van der Waals surface area contributed by atoms with Crippen LogP contribution in [-0.4, -0.2) is 25.8 Å². The van der Waals surface area contributed by atoms with Crippen molar-refractivity contribution in [2.75, 3.05) is 6.61 Å². The molecule has 0 bridgehead atoms. The quantitative estimate of drug-likeness (QED) is 0.106. The minimum absolute atomic E-state index is 0.142. The fourth-order valence-electron chi connectivity index (χ4n) is 4.23. The number of carbonyl (C=O) groups excluding carboxylic acids is 2. The van der Waals surface area contributed by atoms with Crippen molar-refractivity contribution in [1.82, 2.24) is 0 Å². The highest BCUT2D eigenvalue weighted by molar-refractivity contribution is 6.50. The summed E-state index contributed by atoms with van der Waals surface area (Å²) in [6.07, 6.45) is 0. The molecule has 10 heteroatoms. The monoisotopic (exact) mass is 553 g/mol. The topological polar surface area (TPSA) is 56.5 Å². The Bertz CT molecular complexity index is 1370. The molecule has 40 heavy (non-hydrogen) atoms. The molecule has 208 valence electrons. The lowest BCUT2D eigenvalue weighted by Gasteiger charge is -2.27. The van der Waals surface area contributed by atoms with Gasteiger partial charge in [-0.2, -0.15) is 0 Å². The van der Waals surface area contributed by atoms with Crippen molar-refractivity contribution in [2.24, 2.45) is 0 Å². The van der Waals surface area contributed by atoms with Crippen molar-refractivity contribution < 1.29 is 40.9 Å². The first-order chi connectivity index (χ1) is 18.9. The van der Waals surface area contributed by atoms with E-state index in [1.165, 1.54) is 13.8 Å². The van der Waals surface area contributed by atoms with Crippen LogP contribution in [0.25, 0.3) is 33.6 Å². The largest absolute Gasteiger partial charge is 0.673 e. The van der Waals surface area contributed by atoms with Crippen LogP contribution in [0.3, 0.4) is 0 Å². The summed E-state index contributed by atoms with van der Waals surface area (Å²) < 4.78 is 52.3. The van der Waals surface area contributed by atoms with Crippen molar-refractivity contribution in [3.8, 4) is 33.6 Å². The number of pyridine rings is 1. The van der Waals surface area contributed by atoms with Gasteiger partial charge in [-0.25, -0.2) is 0 Å². The molecular weight excluding hydrogens is 525 g/mol. The predicted molar refractivity (Wildman–Crippen MR) is 145 cm³/mol. The molecule has 0 aliphatic carbocycles. The van der Waals surface area contributed by atoms with E-state index in [4.69, 9.17) is 9.47 Å². The first kappa shape index (κ1) is 30.1. The van der Waals surface area contributed by atoms with Gasteiger partial charge in [-0.1, -0.05) is 66.7 Å². The van der Waals surface area contributed by atoms with Gasteiger partial charge in [0.25, 0.3) is 0 Å². The Morgan fingerprint density at radius 3 is 1.40 bits per heavy atom. The maximum absolute atomic E-state index is 12.3. The van der Waals surface area contributed by atoms with Gasteiger partial charge in [-0.15, -0.1) is 4.57 Å². The summed E-state index contributed by atoms with van der Waals surface area (Å²) in [4.78, 5) is 24.1. The lowest BCUT2D eigenvalue weighted by molar-refractivity contribution is -0.783. The van der Waals surface area contributed by atoms with Crippen molar-refractivity contribution in [2.45, 2.75) is 26.5 Å². The van der Waals surface area contributed by atoms with E-state index in [2.05, 4.69) is 24.3 Å². The molecular formula is C30H28BF4NO4. The smallest absolute Gasteiger partial charge is 0.454 e. The van der Waals surface area contributed by atoms with E-state index in [9.17, 15) is 26.9 Å². The van der Waals surface area contributed by atoms with Crippen LogP contribution >= 0.6 is 0 Å². The van der Waals surface area contributed by atoms with Crippen LogP contribution in [0, 0.1) is 0 Å². The second-order valence-corrected chi connectivity index (χ2v) is 8.99. The van der Waals surface area contributed by atoms with Crippen LogP contribution in [-0.2, 0) is 24.8 Å². The van der Waals surface area contributed by atoms with Gasteiger partial charge in [0.2, 0.25) is 11.4 Å². The summed E-state index contributed by atoms with van der Waals surface area (Å²) in [7, 11) is -6.00. The molecule has 1 atom stereocenters. The number of esters is 2. The molecule has 4 rings (SSSR count). The van der Waals surface area contributed by atoms with Crippen molar-refractivity contribution >= 4 is 19.2 Å². The zero-order valence-corrected chi connectivity index (χ0v) is 22.2. The second kappa shape index (κ2) is 13.1. The molecule has 0 aliphatic heterocycles. The predicted octanol–water partition coefficient (Wildman–Crippen LogP) is 7.07. The van der Waals surface area contributed by atoms with Crippen LogP contribution in [0.5, 0.6) is 0 Å². The van der Waals surface area contributed by atoms with Crippen LogP contribution in [0.15, 0.2) is 103 Å². The third-order valence-corrected chi connectivity index (χ3v) is 5.69. The second-order valence-electron chi connectivity index (χ2n) is 8.99. The Morgan fingerprint density at radius 1 is 0.675 bits per heavy atom. The summed E-state index contributed by atoms with van der Waals surface area (Å²) in [6.45, 7) is 4.32. The molecule has 0 amide bonds. The molecule has 0 saturated carbocycles. The molecule has 1 heterocycles. The van der Waals surface area contributed by atoms with Crippen molar-refractivity contribution in [3.05, 3.63) is 103 Å². The van der Waals surface area contributed by atoms with Gasteiger partial charge in [0, 0.05) is 44.0 Å². The lowest BCUT2D eigenvalue weighted by atomic mass is 9.97. The molecule has 0 radical (unpaired) electrons. The molecule has 4 aromatic rings. The number of hydrogen-bond donors (Lipinski definition) is 0. The molecule has 5 nitrogen and oxygen atoms in total. The summed E-state index contributed by atoms with van der Waals surface area (Å²) in [5.41, 5.74) is 4.28. The first-order valence-corrected chi connectivity index (χ1v) is 12.3. The van der Waals surface area contributed by atoms with E-state index in [1.54, 1.807) is 6.92 Å². The van der Waals surface area contributed by atoms with E-state index >= 15 is 0 Å². The molecule has 1 unspecified atom stereocenters. The maximum Gasteiger partial charge on any atom is 0.673 e. The van der Waals surface area contributed by atoms with Crippen LogP contribution in [0.1, 0.15) is 20.8 Å². The fraction of sp³-hybridized carbons (Fsp3) is 0.167. The first-order valence-electron chi connectivity index (χ1n) is 12.3. The highest BCUT2D eigenvalue weighted by atomic mass is 19.5. The highest BCUT2D eigenvalue weighted by Crippen LogP contribution is 2.32. The van der Waals surface area contributed by atoms with Gasteiger partial charge in [0.15, 0.2) is 6.61 Å². The molecule has 0 spiro atoms. The Hall–Kier alpha value is -4.47. The van der Waals surface area contributed by atoms with Crippen LogP contribution < -0.4 is 4.57 Å². The number of nitrogens with zero attached hydrogens (tertiary/aromatic N) is 1. The number of benzene rings is 3. The normalized spacial score (nSPS) is 12.4. The number of rotatable bonds is 7. The van der Waals surface area contributed by atoms with Crippen molar-refractivity contribution in [1.29, 1.82) is 0 Å². The number of hydrogen-bond acceptors (Lipinski definition) is 4. The lowest BCUT2D eigenvalue weighted by Crippen LogP contribution is -2.62. The summed E-state index contributed by atoms with van der Waals surface area (Å²) in [5.74, 6) is -0.926. The summed E-state index contributed by atoms with van der Waals surface area (Å²) in [6, 6.07) is 34.1.